The molecule has 0 unspecified atom stereocenters. The first-order valence-electron chi connectivity index (χ1n) is 3.25. The van der Waals surface area contributed by atoms with Gasteiger partial charge in [0.15, 0.2) is 0 Å². The Bertz CT molecular complexity index is 63.5. The molecule has 0 bridgehead atoms. The molecule has 0 aromatic heterocycles. The number of hydrogen-bond acceptors (Lipinski definition) is 0. The Hall–Kier alpha value is 1.22. The van der Waals surface area contributed by atoms with E-state index >= 15 is 0 Å². The molecule has 8 heavy (non-hydrogen) atoms. The molecular weight excluding hydrogens is 123 g/mol. The molecule has 0 heterocycles. The normalized spacial score (nSPS) is 14.4. The van der Waals surface area contributed by atoms with E-state index in [2.05, 4.69) is 33.9 Å². The average molecular weight is 138 g/mol. The maximum atomic E-state index is 2.47. The van der Waals surface area contributed by atoms with Crippen molar-refractivity contribution in [3.05, 3.63) is 0 Å². The molecule has 0 aliphatic heterocycles. The SMILES string of the molecule is CC(C)(C)[Si](C)(C)[Na]. The summed E-state index contributed by atoms with van der Waals surface area (Å²) in [5, 5.41) is 0.638. The molecule has 0 amide bonds. The second-order valence-corrected chi connectivity index (χ2v) is 18.0. The average Bonchev–Trinajstić information content (AvgIpc) is 1.25. The van der Waals surface area contributed by atoms with Crippen LogP contribution in [0.1, 0.15) is 20.8 Å². The number of rotatable bonds is 0. The molecule has 0 atom stereocenters. The van der Waals surface area contributed by atoms with Gasteiger partial charge in [0, 0.05) is 0 Å². The Balaban J connectivity index is 4.02. The van der Waals surface area contributed by atoms with Gasteiger partial charge in [-0.2, -0.15) is 0 Å². The van der Waals surface area contributed by atoms with Crippen molar-refractivity contribution in [1.82, 2.24) is 0 Å². The van der Waals surface area contributed by atoms with Gasteiger partial charge >= 0.3 is 70.6 Å². The summed E-state index contributed by atoms with van der Waals surface area (Å²) in [5.74, 6) is 0. The van der Waals surface area contributed by atoms with Crippen LogP contribution in [0, 0.1) is 0 Å². The molecule has 0 N–H and O–H groups in total. The molecule has 2 heteroatoms. The summed E-state index contributed by atoms with van der Waals surface area (Å²) in [5.41, 5.74) is 0. The third-order valence-corrected chi connectivity index (χ3v) is 11.2. The molecular formula is C6H15NaSi. The summed E-state index contributed by atoms with van der Waals surface area (Å²) in [6, 6.07) is 0. The van der Waals surface area contributed by atoms with Crippen molar-refractivity contribution in [3.8, 4) is 0 Å². The first-order valence-corrected chi connectivity index (χ1v) is 9.75. The van der Waals surface area contributed by atoms with E-state index in [1.165, 1.54) is 27.0 Å². The van der Waals surface area contributed by atoms with Crippen molar-refractivity contribution in [2.24, 2.45) is 0 Å². The molecule has 0 aliphatic carbocycles. The van der Waals surface area contributed by atoms with Gasteiger partial charge in [-0.1, -0.05) is 0 Å². The van der Waals surface area contributed by atoms with Gasteiger partial charge in [0.05, 0.1) is 0 Å². The topological polar surface area (TPSA) is 0 Å². The zero-order valence-corrected chi connectivity index (χ0v) is 10.0. The van der Waals surface area contributed by atoms with Gasteiger partial charge in [0.2, 0.25) is 0 Å². The quantitative estimate of drug-likeness (QED) is 0.450. The Morgan fingerprint density at radius 2 is 1.25 bits per heavy atom. The molecule has 44 valence electrons. The van der Waals surface area contributed by atoms with E-state index in [4.69, 9.17) is 0 Å². The van der Waals surface area contributed by atoms with Crippen LogP contribution < -0.4 is 0 Å². The summed E-state index contributed by atoms with van der Waals surface area (Å²) < 4.78 is -0.720. The minimum absolute atomic E-state index is 0.638. The van der Waals surface area contributed by atoms with E-state index < -0.39 is 4.63 Å². The fourth-order valence-electron chi connectivity index (χ4n) is 0. The molecule has 0 saturated carbocycles. The summed E-state index contributed by atoms with van der Waals surface area (Å²) >= 11 is 1.43. The van der Waals surface area contributed by atoms with Crippen molar-refractivity contribution in [2.75, 3.05) is 0 Å². The minimum atomic E-state index is -0.720. The van der Waals surface area contributed by atoms with Gasteiger partial charge in [-0.3, -0.25) is 0 Å². The Morgan fingerprint density at radius 3 is 1.25 bits per heavy atom. The van der Waals surface area contributed by atoms with Crippen molar-refractivity contribution < 1.29 is 0 Å². The van der Waals surface area contributed by atoms with Crippen LogP contribution in [0.5, 0.6) is 0 Å². The summed E-state index contributed by atoms with van der Waals surface area (Å²) in [7, 11) is 0. The van der Waals surface area contributed by atoms with Crippen molar-refractivity contribution >= 4 is 31.7 Å². The van der Waals surface area contributed by atoms with Gasteiger partial charge in [-0.25, -0.2) is 0 Å². The third kappa shape index (κ3) is 2.67. The Morgan fingerprint density at radius 1 is 1.12 bits per heavy atom. The van der Waals surface area contributed by atoms with Crippen LogP contribution in [-0.4, -0.2) is 31.7 Å². The Labute approximate surface area is 70.3 Å². The first-order chi connectivity index (χ1) is 3.25. The molecule has 0 saturated heterocycles. The molecule has 0 fully saturated rings. The fourth-order valence-corrected chi connectivity index (χ4v) is 0. The summed E-state index contributed by atoms with van der Waals surface area (Å²) in [4.78, 5) is 0. The maximum absolute atomic E-state index is 2.47. The van der Waals surface area contributed by atoms with Crippen molar-refractivity contribution in [3.63, 3.8) is 0 Å². The third-order valence-electron chi connectivity index (χ3n) is 2.25. The van der Waals surface area contributed by atoms with Crippen LogP contribution in [0.3, 0.4) is 0 Å². The van der Waals surface area contributed by atoms with Gasteiger partial charge in [-0.15, -0.1) is 0 Å². The van der Waals surface area contributed by atoms with Crippen LogP contribution >= 0.6 is 0 Å². The molecule has 0 aromatic rings. The van der Waals surface area contributed by atoms with Gasteiger partial charge in [0.25, 0.3) is 0 Å². The number of hydrogen-bond donors (Lipinski definition) is 0. The second-order valence-electron chi connectivity index (χ2n) is 4.50. The van der Waals surface area contributed by atoms with Crippen LogP contribution in [0.2, 0.25) is 18.1 Å². The van der Waals surface area contributed by atoms with Crippen LogP contribution in [0.15, 0.2) is 0 Å². The van der Waals surface area contributed by atoms with Crippen molar-refractivity contribution in [1.29, 1.82) is 0 Å². The monoisotopic (exact) mass is 138 g/mol. The predicted octanol–water partition coefficient (Wildman–Crippen LogP) is 2.16. The van der Waals surface area contributed by atoms with Gasteiger partial charge < -0.3 is 0 Å². The van der Waals surface area contributed by atoms with Crippen molar-refractivity contribution in [2.45, 2.75) is 38.9 Å². The molecule has 0 nitrogen and oxygen atoms in total. The predicted molar refractivity (Wildman–Crippen MR) is 43.0 cm³/mol. The van der Waals surface area contributed by atoms with E-state index in [-0.39, 0.29) is 0 Å². The van der Waals surface area contributed by atoms with E-state index in [9.17, 15) is 0 Å². The molecule has 0 radical (unpaired) electrons. The van der Waals surface area contributed by atoms with E-state index in [0.29, 0.717) is 5.04 Å². The summed E-state index contributed by atoms with van der Waals surface area (Å²) in [6.07, 6.45) is 0. The fraction of sp³-hybridized carbons (Fsp3) is 1.00. The van der Waals surface area contributed by atoms with Crippen LogP contribution in [0.4, 0.5) is 0 Å². The standard InChI is InChI=1S/C6H15Si.Na/c1-6(2,3)7(4)5;/h1-5H3;. The Kier molecular flexibility index (Phi) is 2.82. The molecule has 0 rings (SSSR count). The molecule has 0 aliphatic rings. The van der Waals surface area contributed by atoms with Crippen LogP contribution in [-0.2, 0) is 0 Å². The molecule has 0 spiro atoms. The molecule has 0 aromatic carbocycles. The first kappa shape index (κ1) is 9.22. The van der Waals surface area contributed by atoms with E-state index in [0.717, 1.165) is 0 Å². The van der Waals surface area contributed by atoms with Gasteiger partial charge in [-0.05, 0) is 0 Å². The van der Waals surface area contributed by atoms with E-state index in [1.807, 2.05) is 0 Å². The second kappa shape index (κ2) is 2.45. The zero-order valence-electron chi connectivity index (χ0n) is 7.00. The summed E-state index contributed by atoms with van der Waals surface area (Å²) in [6.45, 7) is 12.0. The van der Waals surface area contributed by atoms with Gasteiger partial charge in [0.1, 0.15) is 0 Å². The zero-order chi connectivity index (χ0) is 7.00. The van der Waals surface area contributed by atoms with E-state index in [1.54, 1.807) is 0 Å². The van der Waals surface area contributed by atoms with Crippen LogP contribution in [0.25, 0.3) is 0 Å².